The van der Waals surface area contributed by atoms with Crippen molar-refractivity contribution < 1.29 is 0 Å². The Balaban J connectivity index is 2.48. The largest absolute Gasteiger partial charge is 0.382 e. The van der Waals surface area contributed by atoms with E-state index in [1.54, 1.807) is 6.33 Å². The summed E-state index contributed by atoms with van der Waals surface area (Å²) in [6, 6.07) is 0. The first kappa shape index (κ1) is 9.64. The average Bonchev–Trinajstić information content (AvgIpc) is 2.59. The molecule has 0 atom stereocenters. The lowest BCUT2D eigenvalue weighted by atomic mass is 10.3. The first-order valence-electron chi connectivity index (χ1n) is 4.73. The summed E-state index contributed by atoms with van der Waals surface area (Å²) in [6.07, 6.45) is 5.26. The third-order valence-corrected chi connectivity index (χ3v) is 2.13. The van der Waals surface area contributed by atoms with Gasteiger partial charge in [0.2, 0.25) is 0 Å². The molecule has 2 aromatic heterocycles. The van der Waals surface area contributed by atoms with E-state index in [0.717, 1.165) is 12.1 Å². The minimum atomic E-state index is 0.472. The Labute approximate surface area is 87.7 Å². The van der Waals surface area contributed by atoms with Gasteiger partial charge in [0.1, 0.15) is 11.8 Å². The molecule has 78 valence electrons. The highest BCUT2D eigenvalue weighted by Crippen LogP contribution is 2.15. The zero-order chi connectivity index (χ0) is 10.8. The predicted octanol–water partition coefficient (Wildman–Crippen LogP) is 1.37. The van der Waals surface area contributed by atoms with Crippen LogP contribution in [0.1, 0.15) is 13.8 Å². The third kappa shape index (κ3) is 1.81. The highest BCUT2D eigenvalue weighted by Gasteiger charge is 2.06. The first-order chi connectivity index (χ1) is 7.18. The van der Waals surface area contributed by atoms with E-state index in [9.17, 15) is 0 Å². The Morgan fingerprint density at radius 1 is 1.40 bits per heavy atom. The van der Waals surface area contributed by atoms with Crippen LogP contribution in [0.2, 0.25) is 0 Å². The van der Waals surface area contributed by atoms with Gasteiger partial charge >= 0.3 is 0 Å². The molecule has 2 rings (SSSR count). The number of anilines is 1. The number of aromatic nitrogens is 4. The van der Waals surface area contributed by atoms with Gasteiger partial charge in [-0.25, -0.2) is 15.0 Å². The lowest BCUT2D eigenvalue weighted by Crippen LogP contribution is -1.99. The lowest BCUT2D eigenvalue weighted by molar-refractivity contribution is 0.842. The Bertz CT molecular complexity index is 508. The minimum absolute atomic E-state index is 0.472. The van der Waals surface area contributed by atoms with Crippen molar-refractivity contribution in [2.75, 3.05) is 5.73 Å². The van der Waals surface area contributed by atoms with Gasteiger partial charge in [0.15, 0.2) is 11.5 Å². The molecule has 0 fully saturated rings. The summed E-state index contributed by atoms with van der Waals surface area (Å²) in [7, 11) is 0. The van der Waals surface area contributed by atoms with Gasteiger partial charge in [-0.05, 0) is 13.8 Å². The molecule has 0 saturated carbocycles. The molecule has 0 bridgehead atoms. The van der Waals surface area contributed by atoms with E-state index in [1.807, 2.05) is 4.57 Å². The van der Waals surface area contributed by atoms with Crippen molar-refractivity contribution in [3.63, 3.8) is 0 Å². The fourth-order valence-corrected chi connectivity index (χ4v) is 1.35. The Morgan fingerprint density at radius 3 is 2.93 bits per heavy atom. The molecule has 5 heteroatoms. The molecule has 0 radical (unpaired) electrons. The number of fused-ring (bicyclic) bond motifs is 1. The molecule has 0 saturated heterocycles. The third-order valence-electron chi connectivity index (χ3n) is 2.13. The van der Waals surface area contributed by atoms with E-state index in [1.165, 1.54) is 11.9 Å². The van der Waals surface area contributed by atoms with Crippen LogP contribution in [-0.2, 0) is 6.54 Å². The van der Waals surface area contributed by atoms with E-state index >= 15 is 0 Å². The second-order valence-electron chi connectivity index (χ2n) is 3.61. The van der Waals surface area contributed by atoms with Crippen LogP contribution < -0.4 is 5.73 Å². The molecule has 2 heterocycles. The highest BCUT2D eigenvalue weighted by molar-refractivity contribution is 5.81. The fourth-order valence-electron chi connectivity index (χ4n) is 1.35. The van der Waals surface area contributed by atoms with Crippen LogP contribution in [-0.4, -0.2) is 19.5 Å². The van der Waals surface area contributed by atoms with Gasteiger partial charge in [0.25, 0.3) is 0 Å². The zero-order valence-corrected chi connectivity index (χ0v) is 8.81. The average molecular weight is 203 g/mol. The van der Waals surface area contributed by atoms with Gasteiger partial charge in [-0.1, -0.05) is 11.6 Å². The maximum Gasteiger partial charge on any atom is 0.182 e. The molecule has 5 nitrogen and oxygen atoms in total. The van der Waals surface area contributed by atoms with Crippen molar-refractivity contribution in [2.45, 2.75) is 20.4 Å². The number of nitrogens with two attached hydrogens (primary N) is 1. The van der Waals surface area contributed by atoms with Gasteiger partial charge in [0.05, 0.1) is 6.33 Å². The normalized spacial score (nSPS) is 10.5. The highest BCUT2D eigenvalue weighted by atomic mass is 15.1. The van der Waals surface area contributed by atoms with E-state index in [2.05, 4.69) is 34.9 Å². The van der Waals surface area contributed by atoms with Gasteiger partial charge in [-0.3, -0.25) is 0 Å². The van der Waals surface area contributed by atoms with Crippen molar-refractivity contribution in [3.05, 3.63) is 24.3 Å². The predicted molar refractivity (Wildman–Crippen MR) is 59.2 cm³/mol. The molecule has 15 heavy (non-hydrogen) atoms. The van der Waals surface area contributed by atoms with Crippen molar-refractivity contribution in [2.24, 2.45) is 0 Å². The first-order valence-corrected chi connectivity index (χ1v) is 4.73. The minimum Gasteiger partial charge on any atom is -0.382 e. The summed E-state index contributed by atoms with van der Waals surface area (Å²) >= 11 is 0. The van der Waals surface area contributed by atoms with E-state index in [-0.39, 0.29) is 0 Å². The van der Waals surface area contributed by atoms with Crippen LogP contribution in [0, 0.1) is 0 Å². The lowest BCUT2D eigenvalue weighted by Gasteiger charge is -2.01. The molecule has 2 N–H and O–H groups in total. The number of hydrogen-bond donors (Lipinski definition) is 1. The Hall–Kier alpha value is -1.91. The number of nitrogens with zero attached hydrogens (tertiary/aromatic N) is 4. The van der Waals surface area contributed by atoms with Crippen LogP contribution in [0.25, 0.3) is 11.2 Å². The maximum atomic E-state index is 5.78. The molecule has 0 amide bonds. The van der Waals surface area contributed by atoms with Crippen molar-refractivity contribution >= 4 is 17.0 Å². The van der Waals surface area contributed by atoms with Gasteiger partial charge < -0.3 is 10.3 Å². The molecule has 0 spiro atoms. The van der Waals surface area contributed by atoms with Crippen LogP contribution in [0.4, 0.5) is 5.82 Å². The molecule has 0 aromatic carbocycles. The number of imidazole rings is 1. The molecule has 0 aliphatic carbocycles. The summed E-state index contributed by atoms with van der Waals surface area (Å²) in [6.45, 7) is 4.86. The Morgan fingerprint density at radius 2 is 2.20 bits per heavy atom. The molecule has 0 aliphatic rings. The van der Waals surface area contributed by atoms with Crippen molar-refractivity contribution in [1.29, 1.82) is 0 Å². The quantitative estimate of drug-likeness (QED) is 0.748. The second-order valence-corrected chi connectivity index (χ2v) is 3.61. The Kier molecular flexibility index (Phi) is 2.37. The molecule has 2 aromatic rings. The number of allylic oxidation sites excluding steroid dienone is 2. The topological polar surface area (TPSA) is 69.6 Å². The van der Waals surface area contributed by atoms with Gasteiger partial charge in [-0.15, -0.1) is 0 Å². The SMILES string of the molecule is CC(C)=CCn1cnc2ncnc(N)c21. The summed E-state index contributed by atoms with van der Waals surface area (Å²) in [5, 5.41) is 0. The fraction of sp³-hybridized carbons (Fsp3) is 0.300. The standard InChI is InChI=1S/C10H13N5/c1-7(2)3-4-15-6-14-10-8(15)9(11)12-5-13-10/h3,5-6H,4H2,1-2H3,(H2,11,12,13). The van der Waals surface area contributed by atoms with Gasteiger partial charge in [-0.2, -0.15) is 0 Å². The summed E-state index contributed by atoms with van der Waals surface area (Å²) < 4.78 is 1.94. The number of rotatable bonds is 2. The van der Waals surface area contributed by atoms with Gasteiger partial charge in [0, 0.05) is 6.54 Å². The van der Waals surface area contributed by atoms with Crippen LogP contribution in [0.15, 0.2) is 24.3 Å². The zero-order valence-electron chi connectivity index (χ0n) is 8.81. The van der Waals surface area contributed by atoms with Crippen LogP contribution in [0.5, 0.6) is 0 Å². The van der Waals surface area contributed by atoms with E-state index in [4.69, 9.17) is 5.73 Å². The maximum absolute atomic E-state index is 5.78. The summed E-state index contributed by atoms with van der Waals surface area (Å²) in [5.41, 5.74) is 8.48. The smallest absolute Gasteiger partial charge is 0.182 e. The molecular formula is C10H13N5. The molecular weight excluding hydrogens is 190 g/mol. The molecule has 0 aliphatic heterocycles. The van der Waals surface area contributed by atoms with E-state index < -0.39 is 0 Å². The van der Waals surface area contributed by atoms with E-state index in [0.29, 0.717) is 11.5 Å². The van der Waals surface area contributed by atoms with Crippen LogP contribution >= 0.6 is 0 Å². The summed E-state index contributed by atoms with van der Waals surface area (Å²) in [4.78, 5) is 12.2. The number of hydrogen-bond acceptors (Lipinski definition) is 4. The molecule has 0 unspecified atom stereocenters. The van der Waals surface area contributed by atoms with Crippen molar-refractivity contribution in [1.82, 2.24) is 19.5 Å². The summed E-state index contributed by atoms with van der Waals surface area (Å²) in [5.74, 6) is 0.472. The van der Waals surface area contributed by atoms with Crippen molar-refractivity contribution in [3.8, 4) is 0 Å². The monoisotopic (exact) mass is 203 g/mol. The number of nitrogen functional groups attached to an aromatic ring is 1. The van der Waals surface area contributed by atoms with Crippen LogP contribution in [0.3, 0.4) is 0 Å². The second kappa shape index (κ2) is 3.68.